The van der Waals surface area contributed by atoms with Gasteiger partial charge in [0.15, 0.2) is 5.78 Å². The van der Waals surface area contributed by atoms with Crippen LogP contribution in [0.2, 0.25) is 0 Å². The molecule has 1 aliphatic heterocycles. The van der Waals surface area contributed by atoms with Gasteiger partial charge in [0.25, 0.3) is 0 Å². The van der Waals surface area contributed by atoms with Gasteiger partial charge in [-0.15, -0.1) is 0 Å². The van der Waals surface area contributed by atoms with Crippen molar-refractivity contribution in [3.05, 3.63) is 11.6 Å². The number of hydrogen-bond acceptors (Lipinski definition) is 2. The van der Waals surface area contributed by atoms with E-state index in [1.807, 2.05) is 19.9 Å². The van der Waals surface area contributed by atoms with E-state index in [2.05, 4.69) is 0 Å². The Bertz CT molecular complexity index is 225. The largest absolute Gasteiger partial charge is 0.378 e. The van der Waals surface area contributed by atoms with E-state index in [0.29, 0.717) is 18.3 Å². The normalized spacial score (nSPS) is 22.0. The smallest absolute Gasteiger partial charge is 0.158 e. The second kappa shape index (κ2) is 6.78. The molecule has 1 saturated heterocycles. The quantitative estimate of drug-likeness (QED) is 0.629. The molecule has 1 aliphatic rings. The highest BCUT2D eigenvalue weighted by atomic mass is 16.5. The molecule has 1 unspecified atom stereocenters. The van der Waals surface area contributed by atoms with E-state index in [4.69, 9.17) is 4.74 Å². The number of carbonyl (C=O) groups is 1. The lowest BCUT2D eigenvalue weighted by Gasteiger charge is -2.08. The summed E-state index contributed by atoms with van der Waals surface area (Å²) in [5.74, 6) is 0.318. The van der Waals surface area contributed by atoms with Crippen LogP contribution in [-0.2, 0) is 9.53 Å². The van der Waals surface area contributed by atoms with Crippen molar-refractivity contribution in [3.63, 3.8) is 0 Å². The molecule has 0 aromatic rings. The zero-order chi connectivity index (χ0) is 11.1. The first-order chi connectivity index (χ1) is 7.27. The summed E-state index contributed by atoms with van der Waals surface area (Å²) in [5, 5.41) is 0. The zero-order valence-corrected chi connectivity index (χ0v) is 9.92. The van der Waals surface area contributed by atoms with Crippen LogP contribution in [-0.4, -0.2) is 18.5 Å². The lowest BCUT2D eigenvalue weighted by atomic mass is 10.0. The topological polar surface area (TPSA) is 26.3 Å². The fourth-order valence-electron chi connectivity index (χ4n) is 2.09. The molecule has 0 aliphatic carbocycles. The summed E-state index contributed by atoms with van der Waals surface area (Å²) >= 11 is 0. The van der Waals surface area contributed by atoms with Gasteiger partial charge in [-0.2, -0.15) is 0 Å². The third-order valence-electron chi connectivity index (χ3n) is 3.04. The summed E-state index contributed by atoms with van der Waals surface area (Å²) in [4.78, 5) is 11.7. The zero-order valence-electron chi connectivity index (χ0n) is 9.92. The molecule has 0 aromatic carbocycles. The molecular formula is C13H22O2. The Balaban J connectivity index is 2.16. The van der Waals surface area contributed by atoms with E-state index in [9.17, 15) is 4.79 Å². The third-order valence-corrected chi connectivity index (χ3v) is 3.04. The van der Waals surface area contributed by atoms with E-state index >= 15 is 0 Å². The van der Waals surface area contributed by atoms with Gasteiger partial charge in [0.05, 0.1) is 6.10 Å². The van der Waals surface area contributed by atoms with Crippen LogP contribution < -0.4 is 0 Å². The molecule has 15 heavy (non-hydrogen) atoms. The van der Waals surface area contributed by atoms with Gasteiger partial charge in [0, 0.05) is 13.0 Å². The molecule has 2 heteroatoms. The maximum atomic E-state index is 11.7. The van der Waals surface area contributed by atoms with Crippen LogP contribution in [0.5, 0.6) is 0 Å². The van der Waals surface area contributed by atoms with Gasteiger partial charge in [-0.1, -0.05) is 13.0 Å². The van der Waals surface area contributed by atoms with Gasteiger partial charge in [-0.25, -0.2) is 0 Å². The highest BCUT2D eigenvalue weighted by molar-refractivity contribution is 5.95. The number of rotatable bonds is 6. The minimum absolute atomic E-state index is 0.318. The van der Waals surface area contributed by atoms with Gasteiger partial charge >= 0.3 is 0 Å². The molecule has 0 bridgehead atoms. The van der Waals surface area contributed by atoms with Crippen molar-refractivity contribution < 1.29 is 9.53 Å². The first kappa shape index (κ1) is 12.4. The summed E-state index contributed by atoms with van der Waals surface area (Å²) in [5.41, 5.74) is 0.974. The average molecular weight is 210 g/mol. The molecule has 1 heterocycles. The molecule has 0 spiro atoms. The second-order valence-electron chi connectivity index (χ2n) is 4.12. The van der Waals surface area contributed by atoms with Crippen LogP contribution in [0.1, 0.15) is 52.4 Å². The van der Waals surface area contributed by atoms with Crippen molar-refractivity contribution in [2.75, 3.05) is 6.61 Å². The van der Waals surface area contributed by atoms with Crippen molar-refractivity contribution in [1.82, 2.24) is 0 Å². The monoisotopic (exact) mass is 210 g/mol. The second-order valence-corrected chi connectivity index (χ2v) is 4.12. The fourth-order valence-corrected chi connectivity index (χ4v) is 2.09. The Morgan fingerprint density at radius 2 is 2.33 bits per heavy atom. The van der Waals surface area contributed by atoms with Crippen molar-refractivity contribution in [2.24, 2.45) is 0 Å². The molecule has 0 saturated carbocycles. The van der Waals surface area contributed by atoms with Crippen molar-refractivity contribution in [1.29, 1.82) is 0 Å². The van der Waals surface area contributed by atoms with Crippen LogP contribution in [0, 0.1) is 0 Å². The molecule has 86 valence electrons. The standard InChI is InChI=1S/C13H22O2/c1-3-11(4-2)13(14)9-5-7-12-8-6-10-15-12/h3,12H,4-10H2,1-2H3. The number of ether oxygens (including phenoxy) is 1. The average Bonchev–Trinajstić information content (AvgIpc) is 2.72. The Hall–Kier alpha value is -0.630. The van der Waals surface area contributed by atoms with E-state index in [0.717, 1.165) is 31.4 Å². The highest BCUT2D eigenvalue weighted by Gasteiger charge is 2.15. The number of hydrogen-bond donors (Lipinski definition) is 0. The summed E-state index contributed by atoms with van der Waals surface area (Å²) in [7, 11) is 0. The van der Waals surface area contributed by atoms with Crippen LogP contribution in [0.4, 0.5) is 0 Å². The Kier molecular flexibility index (Phi) is 5.62. The minimum atomic E-state index is 0.318. The number of Topliss-reactive ketones (excluding diaryl/α,β-unsaturated/α-hetero) is 1. The Morgan fingerprint density at radius 3 is 2.87 bits per heavy atom. The van der Waals surface area contributed by atoms with E-state index in [1.165, 1.54) is 12.8 Å². The van der Waals surface area contributed by atoms with Gasteiger partial charge in [0.2, 0.25) is 0 Å². The van der Waals surface area contributed by atoms with Crippen LogP contribution in [0.15, 0.2) is 11.6 Å². The van der Waals surface area contributed by atoms with Gasteiger partial charge in [-0.3, -0.25) is 4.79 Å². The van der Waals surface area contributed by atoms with E-state index in [-0.39, 0.29) is 0 Å². The molecule has 0 radical (unpaired) electrons. The van der Waals surface area contributed by atoms with Gasteiger partial charge in [-0.05, 0) is 44.6 Å². The van der Waals surface area contributed by atoms with E-state index < -0.39 is 0 Å². The van der Waals surface area contributed by atoms with Crippen molar-refractivity contribution in [3.8, 4) is 0 Å². The minimum Gasteiger partial charge on any atom is -0.378 e. The predicted molar refractivity (Wildman–Crippen MR) is 61.9 cm³/mol. The maximum Gasteiger partial charge on any atom is 0.158 e. The molecule has 0 amide bonds. The Labute approximate surface area is 92.7 Å². The molecular weight excluding hydrogens is 188 g/mol. The maximum absolute atomic E-state index is 11.7. The Morgan fingerprint density at radius 1 is 1.53 bits per heavy atom. The predicted octanol–water partition coefficient (Wildman–Crippen LogP) is 3.26. The van der Waals surface area contributed by atoms with Gasteiger partial charge in [0.1, 0.15) is 0 Å². The van der Waals surface area contributed by atoms with Gasteiger partial charge < -0.3 is 4.74 Å². The lowest BCUT2D eigenvalue weighted by Crippen LogP contribution is -2.07. The SMILES string of the molecule is CC=C(CC)C(=O)CCCC1CCCO1. The molecule has 1 rings (SSSR count). The lowest BCUT2D eigenvalue weighted by molar-refractivity contribution is -0.115. The molecule has 0 aromatic heterocycles. The van der Waals surface area contributed by atoms with Crippen molar-refractivity contribution in [2.45, 2.75) is 58.5 Å². The summed E-state index contributed by atoms with van der Waals surface area (Å²) in [6.07, 6.45) is 8.30. The van der Waals surface area contributed by atoms with Crippen LogP contribution in [0.25, 0.3) is 0 Å². The third kappa shape index (κ3) is 4.17. The van der Waals surface area contributed by atoms with Crippen molar-refractivity contribution >= 4 is 5.78 Å². The first-order valence-electron chi connectivity index (χ1n) is 6.08. The fraction of sp³-hybridized carbons (Fsp3) is 0.769. The summed E-state index contributed by atoms with van der Waals surface area (Å²) < 4.78 is 5.52. The molecule has 1 fully saturated rings. The molecule has 0 N–H and O–H groups in total. The number of ketones is 1. The van der Waals surface area contributed by atoms with E-state index in [1.54, 1.807) is 0 Å². The molecule has 2 nitrogen and oxygen atoms in total. The van der Waals surface area contributed by atoms with Crippen LogP contribution in [0.3, 0.4) is 0 Å². The highest BCUT2D eigenvalue weighted by Crippen LogP contribution is 2.18. The number of allylic oxidation sites excluding steroid dienone is 2. The summed E-state index contributed by atoms with van der Waals surface area (Å²) in [6, 6.07) is 0. The molecule has 1 atom stereocenters. The van der Waals surface area contributed by atoms with Crippen LogP contribution >= 0.6 is 0 Å². The number of carbonyl (C=O) groups excluding carboxylic acids is 1. The first-order valence-corrected chi connectivity index (χ1v) is 6.08. The summed E-state index contributed by atoms with van der Waals surface area (Å²) in [6.45, 7) is 4.89.